The van der Waals surface area contributed by atoms with Gasteiger partial charge in [0.25, 0.3) is 0 Å². The van der Waals surface area contributed by atoms with Gasteiger partial charge in [0.05, 0.1) is 11.2 Å². The third kappa shape index (κ3) is 0.902. The van der Waals surface area contributed by atoms with Gasteiger partial charge >= 0.3 is 0 Å². The summed E-state index contributed by atoms with van der Waals surface area (Å²) in [4.78, 5) is 7.93. The maximum absolute atomic E-state index is 5.67. The number of benzene rings is 1. The number of para-hydroxylation sites is 1. The van der Waals surface area contributed by atoms with Crippen molar-refractivity contribution in [1.82, 2.24) is 9.97 Å². The smallest absolute Gasteiger partial charge is 0.116 e. The highest BCUT2D eigenvalue weighted by molar-refractivity contribution is 5.88. The molecule has 0 fully saturated rings. The Bertz CT molecular complexity index is 378. The van der Waals surface area contributed by atoms with Crippen LogP contribution in [-0.2, 0) is 0 Å². The van der Waals surface area contributed by atoms with Crippen molar-refractivity contribution in [3.05, 3.63) is 30.7 Å². The van der Waals surface area contributed by atoms with E-state index in [4.69, 9.17) is 5.73 Å². The molecule has 0 aliphatic rings. The van der Waals surface area contributed by atoms with Gasteiger partial charge in [-0.3, -0.25) is 0 Å². The fourth-order valence-corrected chi connectivity index (χ4v) is 1.04. The van der Waals surface area contributed by atoms with Gasteiger partial charge in [-0.05, 0) is 6.07 Å². The average molecular weight is 145 g/mol. The van der Waals surface area contributed by atoms with Crippen LogP contribution in [0.15, 0.2) is 30.7 Å². The second-order valence-electron chi connectivity index (χ2n) is 2.31. The van der Waals surface area contributed by atoms with Crippen molar-refractivity contribution in [2.75, 3.05) is 5.73 Å². The summed E-state index contributed by atoms with van der Waals surface area (Å²) in [5.41, 5.74) is 7.19. The lowest BCUT2D eigenvalue weighted by Gasteiger charge is -1.97. The fourth-order valence-electron chi connectivity index (χ4n) is 1.04. The molecule has 0 unspecified atom stereocenters. The predicted molar refractivity (Wildman–Crippen MR) is 44.0 cm³/mol. The zero-order valence-electron chi connectivity index (χ0n) is 5.86. The van der Waals surface area contributed by atoms with Crippen LogP contribution in [0.25, 0.3) is 10.9 Å². The highest BCUT2D eigenvalue weighted by Crippen LogP contribution is 2.15. The van der Waals surface area contributed by atoms with Gasteiger partial charge in [-0.15, -0.1) is 0 Å². The van der Waals surface area contributed by atoms with Crippen LogP contribution in [0.2, 0.25) is 0 Å². The van der Waals surface area contributed by atoms with Gasteiger partial charge in [0.2, 0.25) is 0 Å². The molecule has 0 bridgehead atoms. The number of anilines is 1. The molecule has 0 amide bonds. The van der Waals surface area contributed by atoms with Crippen LogP contribution in [0.5, 0.6) is 0 Å². The fraction of sp³-hybridized carbons (Fsp3) is 0. The van der Waals surface area contributed by atoms with Crippen LogP contribution in [-0.4, -0.2) is 9.97 Å². The molecule has 54 valence electrons. The molecule has 0 aliphatic heterocycles. The normalized spacial score (nSPS) is 10.2. The summed E-state index contributed by atoms with van der Waals surface area (Å²) in [6.07, 6.45) is 3.25. The van der Waals surface area contributed by atoms with E-state index in [1.165, 1.54) is 6.33 Å². The molecule has 2 N–H and O–H groups in total. The summed E-state index contributed by atoms with van der Waals surface area (Å²) in [5.74, 6) is 0. The quantitative estimate of drug-likeness (QED) is 0.567. The number of nitrogen functional groups attached to an aromatic ring is 1. The SMILES string of the molecule is Nc1cccc2cncnc12. The Morgan fingerprint density at radius 3 is 3.00 bits per heavy atom. The van der Waals surface area contributed by atoms with E-state index in [2.05, 4.69) is 9.97 Å². The third-order valence-electron chi connectivity index (χ3n) is 1.57. The standard InChI is InChI=1S/C8H7N3/c9-7-3-1-2-6-4-10-5-11-8(6)7/h1-5H,9H2. The molecule has 3 nitrogen and oxygen atoms in total. The molecule has 11 heavy (non-hydrogen) atoms. The molecular weight excluding hydrogens is 138 g/mol. The van der Waals surface area contributed by atoms with Crippen LogP contribution < -0.4 is 5.73 Å². The molecule has 1 aromatic heterocycles. The Hall–Kier alpha value is -1.64. The van der Waals surface area contributed by atoms with Crippen LogP contribution >= 0.6 is 0 Å². The largest absolute Gasteiger partial charge is 0.397 e. The van der Waals surface area contributed by atoms with Gasteiger partial charge in [-0.25, -0.2) is 9.97 Å². The van der Waals surface area contributed by atoms with Crippen molar-refractivity contribution >= 4 is 16.6 Å². The van der Waals surface area contributed by atoms with E-state index in [0.717, 1.165) is 10.9 Å². The molecule has 2 rings (SSSR count). The molecule has 0 saturated carbocycles. The maximum atomic E-state index is 5.67. The van der Waals surface area contributed by atoms with E-state index in [1.807, 2.05) is 18.2 Å². The monoisotopic (exact) mass is 145 g/mol. The summed E-state index contributed by atoms with van der Waals surface area (Å²) in [7, 11) is 0. The van der Waals surface area contributed by atoms with Crippen LogP contribution in [0.4, 0.5) is 5.69 Å². The van der Waals surface area contributed by atoms with E-state index in [0.29, 0.717) is 5.69 Å². The molecule has 1 heterocycles. The minimum atomic E-state index is 0.699. The first kappa shape index (κ1) is 6.09. The van der Waals surface area contributed by atoms with E-state index in [-0.39, 0.29) is 0 Å². The van der Waals surface area contributed by atoms with Crippen molar-refractivity contribution in [1.29, 1.82) is 0 Å². The van der Waals surface area contributed by atoms with Crippen molar-refractivity contribution in [2.24, 2.45) is 0 Å². The van der Waals surface area contributed by atoms with Crippen molar-refractivity contribution < 1.29 is 0 Å². The molecule has 0 aliphatic carbocycles. The zero-order valence-corrected chi connectivity index (χ0v) is 5.86. The topological polar surface area (TPSA) is 51.8 Å². The molecule has 2 aromatic rings. The summed E-state index contributed by atoms with van der Waals surface area (Å²) < 4.78 is 0. The highest BCUT2D eigenvalue weighted by Gasteiger charge is 1.95. The predicted octanol–water partition coefficient (Wildman–Crippen LogP) is 1.21. The van der Waals surface area contributed by atoms with Gasteiger partial charge in [0.1, 0.15) is 6.33 Å². The van der Waals surface area contributed by atoms with Crippen molar-refractivity contribution in [3.8, 4) is 0 Å². The lowest BCUT2D eigenvalue weighted by Crippen LogP contribution is -1.88. The number of hydrogen-bond acceptors (Lipinski definition) is 3. The Morgan fingerprint density at radius 1 is 1.27 bits per heavy atom. The summed E-state index contributed by atoms with van der Waals surface area (Å²) in [5, 5.41) is 0.979. The van der Waals surface area contributed by atoms with Gasteiger partial charge in [-0.1, -0.05) is 12.1 Å². The Balaban J connectivity index is 2.91. The molecule has 0 radical (unpaired) electrons. The number of rotatable bonds is 0. The van der Waals surface area contributed by atoms with Gasteiger partial charge in [0.15, 0.2) is 0 Å². The minimum absolute atomic E-state index is 0.699. The van der Waals surface area contributed by atoms with Gasteiger partial charge < -0.3 is 5.73 Å². The van der Waals surface area contributed by atoms with Gasteiger partial charge in [-0.2, -0.15) is 0 Å². The number of aromatic nitrogens is 2. The minimum Gasteiger partial charge on any atom is -0.397 e. The summed E-state index contributed by atoms with van der Waals surface area (Å²) in [6.45, 7) is 0. The molecule has 1 aromatic carbocycles. The maximum Gasteiger partial charge on any atom is 0.116 e. The van der Waals surface area contributed by atoms with E-state index in [9.17, 15) is 0 Å². The Labute approximate surface area is 63.9 Å². The number of nitrogens with two attached hydrogens (primary N) is 1. The van der Waals surface area contributed by atoms with Crippen molar-refractivity contribution in [2.45, 2.75) is 0 Å². The average Bonchev–Trinajstić information content (AvgIpc) is 2.06. The van der Waals surface area contributed by atoms with E-state index >= 15 is 0 Å². The molecule has 0 atom stereocenters. The van der Waals surface area contributed by atoms with Crippen LogP contribution in [0, 0.1) is 0 Å². The summed E-state index contributed by atoms with van der Waals surface area (Å²) >= 11 is 0. The molecule has 3 heteroatoms. The van der Waals surface area contributed by atoms with E-state index in [1.54, 1.807) is 6.20 Å². The summed E-state index contributed by atoms with van der Waals surface area (Å²) in [6, 6.07) is 5.65. The lowest BCUT2D eigenvalue weighted by atomic mass is 10.2. The van der Waals surface area contributed by atoms with Crippen molar-refractivity contribution in [3.63, 3.8) is 0 Å². The first-order valence-electron chi connectivity index (χ1n) is 3.32. The second-order valence-corrected chi connectivity index (χ2v) is 2.31. The van der Waals surface area contributed by atoms with E-state index < -0.39 is 0 Å². The zero-order chi connectivity index (χ0) is 7.68. The Kier molecular flexibility index (Phi) is 1.22. The number of fused-ring (bicyclic) bond motifs is 1. The number of nitrogens with zero attached hydrogens (tertiary/aromatic N) is 2. The highest BCUT2D eigenvalue weighted by atomic mass is 14.8. The third-order valence-corrected chi connectivity index (χ3v) is 1.57. The first-order chi connectivity index (χ1) is 5.38. The number of hydrogen-bond donors (Lipinski definition) is 1. The van der Waals surface area contributed by atoms with Crippen LogP contribution in [0.3, 0.4) is 0 Å². The molecule has 0 spiro atoms. The Morgan fingerprint density at radius 2 is 2.18 bits per heavy atom. The first-order valence-corrected chi connectivity index (χ1v) is 3.32. The molecular formula is C8H7N3. The lowest BCUT2D eigenvalue weighted by molar-refractivity contribution is 1.22. The molecule has 0 saturated heterocycles. The second kappa shape index (κ2) is 2.20. The van der Waals surface area contributed by atoms with Gasteiger partial charge in [0, 0.05) is 11.6 Å². The van der Waals surface area contributed by atoms with Crippen LogP contribution in [0.1, 0.15) is 0 Å².